The van der Waals surface area contributed by atoms with Crippen molar-refractivity contribution in [3.05, 3.63) is 83.4 Å². The first-order valence-corrected chi connectivity index (χ1v) is 9.34. The zero-order valence-corrected chi connectivity index (χ0v) is 16.1. The summed E-state index contributed by atoms with van der Waals surface area (Å²) in [5.74, 6) is -0.945. The van der Waals surface area contributed by atoms with Crippen LogP contribution in [0.1, 0.15) is 35.3 Å². The Hall–Kier alpha value is -3.22. The summed E-state index contributed by atoms with van der Waals surface area (Å²) in [6.45, 7) is 0. The maximum atomic E-state index is 13.5. The van der Waals surface area contributed by atoms with E-state index in [1.807, 2.05) is 42.1 Å². The minimum atomic E-state index is -0.893. The van der Waals surface area contributed by atoms with Gasteiger partial charge in [-0.2, -0.15) is 0 Å². The molecule has 0 saturated heterocycles. The fraction of sp³-hybridized carbons (Fsp3) is 0.273. The van der Waals surface area contributed by atoms with Crippen LogP contribution < -0.4 is 10.1 Å². The molecule has 3 atom stereocenters. The van der Waals surface area contributed by atoms with E-state index in [1.54, 1.807) is 13.3 Å². The Balaban J connectivity index is 1.56. The number of aryl methyl sites for hydroxylation is 1. The number of halogens is 2. The highest BCUT2D eigenvalue weighted by molar-refractivity contribution is 5.83. The summed E-state index contributed by atoms with van der Waals surface area (Å²) in [4.78, 5) is 17.3. The van der Waals surface area contributed by atoms with Crippen LogP contribution in [0.15, 0.2) is 54.9 Å². The maximum Gasteiger partial charge on any atom is 0.224 e. The second-order valence-electron chi connectivity index (χ2n) is 7.24. The Morgan fingerprint density at radius 2 is 2.07 bits per heavy atom. The van der Waals surface area contributed by atoms with Gasteiger partial charge in [-0.3, -0.25) is 4.79 Å². The summed E-state index contributed by atoms with van der Waals surface area (Å²) in [6, 6.07) is 10.8. The molecule has 4 rings (SSSR count). The van der Waals surface area contributed by atoms with Gasteiger partial charge >= 0.3 is 0 Å². The van der Waals surface area contributed by atoms with Crippen LogP contribution in [-0.2, 0) is 11.8 Å². The first kappa shape index (κ1) is 19.1. The van der Waals surface area contributed by atoms with E-state index in [4.69, 9.17) is 4.74 Å². The minimum Gasteiger partial charge on any atom is -0.497 e. The van der Waals surface area contributed by atoms with Crippen molar-refractivity contribution in [1.82, 2.24) is 14.9 Å². The molecule has 0 aliphatic heterocycles. The number of imidazole rings is 1. The van der Waals surface area contributed by atoms with Crippen molar-refractivity contribution in [2.45, 2.75) is 18.4 Å². The largest absolute Gasteiger partial charge is 0.497 e. The number of carbonyl (C=O) groups excluding carboxylic acids is 1. The molecular weight excluding hydrogens is 376 g/mol. The van der Waals surface area contributed by atoms with E-state index < -0.39 is 17.7 Å². The van der Waals surface area contributed by atoms with E-state index in [0.717, 1.165) is 11.6 Å². The number of nitrogens with zero attached hydrogens (tertiary/aromatic N) is 2. The number of hydrogen-bond acceptors (Lipinski definition) is 3. The highest BCUT2D eigenvalue weighted by Gasteiger charge is 2.45. The number of nitrogens with one attached hydrogen (secondary N) is 1. The van der Waals surface area contributed by atoms with Gasteiger partial charge in [0.2, 0.25) is 5.91 Å². The van der Waals surface area contributed by atoms with E-state index in [1.165, 1.54) is 12.1 Å². The third kappa shape index (κ3) is 3.85. The number of aromatic nitrogens is 2. The quantitative estimate of drug-likeness (QED) is 0.690. The molecule has 0 bridgehead atoms. The number of amides is 1. The predicted octanol–water partition coefficient (Wildman–Crippen LogP) is 3.72. The molecule has 1 fully saturated rings. The van der Waals surface area contributed by atoms with Gasteiger partial charge in [0.1, 0.15) is 17.6 Å². The van der Waals surface area contributed by atoms with Gasteiger partial charge < -0.3 is 14.6 Å². The van der Waals surface area contributed by atoms with Crippen molar-refractivity contribution in [3.8, 4) is 5.75 Å². The lowest BCUT2D eigenvalue weighted by Gasteiger charge is -2.20. The molecule has 3 aromatic rings. The van der Waals surface area contributed by atoms with Crippen LogP contribution in [-0.4, -0.2) is 22.6 Å². The van der Waals surface area contributed by atoms with Crippen LogP contribution in [0, 0.1) is 17.6 Å². The van der Waals surface area contributed by atoms with Gasteiger partial charge in [0.25, 0.3) is 0 Å². The van der Waals surface area contributed by atoms with Crippen molar-refractivity contribution in [3.63, 3.8) is 0 Å². The standard InChI is InChI=1S/C22H21F2N3O2/c1-27-9-8-25-21(27)20(14-4-3-5-15(10-14)29-2)26-22(28)17-12-16(17)13-6-7-18(23)19(24)11-13/h3-11,16-17,20H,12H2,1-2H3,(H,26,28). The number of ether oxygens (including phenoxy) is 1. The first-order valence-electron chi connectivity index (χ1n) is 9.34. The Kier molecular flexibility index (Phi) is 5.05. The van der Waals surface area contributed by atoms with Crippen LogP contribution >= 0.6 is 0 Å². The highest BCUT2D eigenvalue weighted by atomic mass is 19.2. The third-order valence-electron chi connectivity index (χ3n) is 5.33. The van der Waals surface area contributed by atoms with Gasteiger partial charge in [0, 0.05) is 25.4 Å². The first-order chi connectivity index (χ1) is 14.0. The normalized spacial score (nSPS) is 18.9. The zero-order chi connectivity index (χ0) is 20.5. The molecule has 29 heavy (non-hydrogen) atoms. The molecule has 1 heterocycles. The fourth-order valence-corrected chi connectivity index (χ4v) is 3.62. The van der Waals surface area contributed by atoms with Crippen molar-refractivity contribution in [2.75, 3.05) is 7.11 Å². The Bertz CT molecular complexity index is 1050. The number of benzene rings is 2. The van der Waals surface area contributed by atoms with E-state index in [2.05, 4.69) is 10.3 Å². The van der Waals surface area contributed by atoms with Gasteiger partial charge in [-0.25, -0.2) is 13.8 Å². The average Bonchev–Trinajstić information content (AvgIpc) is 3.42. The van der Waals surface area contributed by atoms with E-state index in [9.17, 15) is 13.6 Å². The average molecular weight is 397 g/mol. The summed E-state index contributed by atoms with van der Waals surface area (Å²) in [5, 5.41) is 3.07. The molecule has 5 nitrogen and oxygen atoms in total. The smallest absolute Gasteiger partial charge is 0.224 e. The minimum absolute atomic E-state index is 0.113. The summed E-state index contributed by atoms with van der Waals surface area (Å²) in [7, 11) is 3.45. The topological polar surface area (TPSA) is 56.1 Å². The lowest BCUT2D eigenvalue weighted by molar-refractivity contribution is -0.123. The van der Waals surface area contributed by atoms with Gasteiger partial charge in [-0.1, -0.05) is 18.2 Å². The monoisotopic (exact) mass is 397 g/mol. The van der Waals surface area contributed by atoms with Crippen LogP contribution in [0.5, 0.6) is 5.75 Å². The van der Waals surface area contributed by atoms with Crippen LogP contribution in [0.3, 0.4) is 0 Å². The van der Waals surface area contributed by atoms with Crippen molar-refractivity contribution < 1.29 is 18.3 Å². The molecule has 1 aliphatic rings. The van der Waals surface area contributed by atoms with Gasteiger partial charge in [0.15, 0.2) is 11.6 Å². The van der Waals surface area contributed by atoms with Gasteiger partial charge in [-0.15, -0.1) is 0 Å². The molecule has 0 spiro atoms. The molecule has 2 aromatic carbocycles. The molecule has 1 N–H and O–H groups in total. The van der Waals surface area contributed by atoms with Gasteiger partial charge in [-0.05, 0) is 47.7 Å². The van der Waals surface area contributed by atoms with E-state index in [0.29, 0.717) is 23.6 Å². The maximum absolute atomic E-state index is 13.5. The molecule has 150 valence electrons. The lowest BCUT2D eigenvalue weighted by atomic mass is 10.0. The SMILES string of the molecule is COc1cccc(C(NC(=O)C2CC2c2ccc(F)c(F)c2)c2nccn2C)c1. The zero-order valence-electron chi connectivity index (χ0n) is 16.1. The molecule has 0 radical (unpaired) electrons. The van der Waals surface area contributed by atoms with Gasteiger partial charge in [0.05, 0.1) is 7.11 Å². The Morgan fingerprint density at radius 3 is 2.76 bits per heavy atom. The summed E-state index contributed by atoms with van der Waals surface area (Å²) in [6.07, 6.45) is 4.09. The molecule has 1 saturated carbocycles. The number of hydrogen-bond donors (Lipinski definition) is 1. The Morgan fingerprint density at radius 1 is 1.24 bits per heavy atom. The Labute approximate surface area is 167 Å². The molecule has 1 amide bonds. The molecule has 3 unspecified atom stereocenters. The number of carbonyl (C=O) groups is 1. The number of rotatable bonds is 6. The second kappa shape index (κ2) is 7.66. The lowest BCUT2D eigenvalue weighted by Crippen LogP contribution is -2.32. The molecule has 7 heteroatoms. The fourth-order valence-electron chi connectivity index (χ4n) is 3.62. The van der Waals surface area contributed by atoms with Crippen molar-refractivity contribution in [1.29, 1.82) is 0 Å². The van der Waals surface area contributed by atoms with E-state index in [-0.39, 0.29) is 17.7 Å². The second-order valence-corrected chi connectivity index (χ2v) is 7.24. The van der Waals surface area contributed by atoms with Crippen molar-refractivity contribution >= 4 is 5.91 Å². The van der Waals surface area contributed by atoms with Crippen LogP contribution in [0.25, 0.3) is 0 Å². The summed E-state index contributed by atoms with van der Waals surface area (Å²) >= 11 is 0. The van der Waals surface area contributed by atoms with E-state index >= 15 is 0 Å². The third-order valence-corrected chi connectivity index (χ3v) is 5.33. The predicted molar refractivity (Wildman–Crippen MR) is 103 cm³/mol. The highest BCUT2D eigenvalue weighted by Crippen LogP contribution is 2.48. The summed E-state index contributed by atoms with van der Waals surface area (Å²) < 4.78 is 33.9. The summed E-state index contributed by atoms with van der Waals surface area (Å²) in [5.41, 5.74) is 1.48. The van der Waals surface area contributed by atoms with Crippen LogP contribution in [0.4, 0.5) is 8.78 Å². The molecule has 1 aromatic heterocycles. The molecule has 1 aliphatic carbocycles. The molecular formula is C22H21F2N3O2. The van der Waals surface area contributed by atoms with Crippen molar-refractivity contribution in [2.24, 2.45) is 13.0 Å². The number of methoxy groups -OCH3 is 1. The van der Waals surface area contributed by atoms with Crippen LogP contribution in [0.2, 0.25) is 0 Å².